The molecule has 0 spiro atoms. The Morgan fingerprint density at radius 2 is 1.22 bits per heavy atom. The number of aromatic nitrogens is 4. The molecule has 36 heavy (non-hydrogen) atoms. The van der Waals surface area contributed by atoms with Gasteiger partial charge in [-0.25, -0.2) is 9.59 Å². The normalized spacial score (nSPS) is 28.3. The van der Waals surface area contributed by atoms with E-state index in [1.165, 1.54) is 0 Å². The second-order valence-corrected chi connectivity index (χ2v) is 9.79. The van der Waals surface area contributed by atoms with Crippen molar-refractivity contribution in [2.45, 2.75) is 65.5 Å². The van der Waals surface area contributed by atoms with E-state index in [0.717, 1.165) is 11.1 Å². The fraction of sp³-hybridized carbons (Fsp3) is 0.583. The summed E-state index contributed by atoms with van der Waals surface area (Å²) in [6.45, 7) is 8.35. The molecule has 0 saturated carbocycles. The Labute approximate surface area is 209 Å². The van der Waals surface area contributed by atoms with Crippen molar-refractivity contribution in [1.29, 1.82) is 0 Å². The number of aryl methyl sites for hydroxylation is 2. The molecule has 12 nitrogen and oxygen atoms in total. The second-order valence-electron chi connectivity index (χ2n) is 9.79. The van der Waals surface area contributed by atoms with E-state index in [4.69, 9.17) is 18.7 Å². The van der Waals surface area contributed by atoms with Gasteiger partial charge in [0.1, 0.15) is 39.3 Å². The summed E-state index contributed by atoms with van der Waals surface area (Å²) in [6, 6.07) is -0.171. The molecule has 12 heteroatoms. The predicted molar refractivity (Wildman–Crippen MR) is 126 cm³/mol. The molecule has 2 aromatic heterocycles. The first kappa shape index (κ1) is 25.7. The molecule has 0 N–H and O–H groups in total. The molecule has 0 amide bonds. The van der Waals surface area contributed by atoms with Crippen molar-refractivity contribution in [2.24, 2.45) is 0 Å². The number of rotatable bonds is 6. The van der Waals surface area contributed by atoms with Crippen LogP contribution in [0.4, 0.5) is 0 Å². The number of carbonyl (C=O) groups is 2. The number of hydrogen-bond acceptors (Lipinski definition) is 10. The molecule has 4 unspecified atom stereocenters. The van der Waals surface area contributed by atoms with Gasteiger partial charge in [-0.05, 0) is 13.8 Å². The molecular formula is C24H34N6O6+2. The van der Waals surface area contributed by atoms with Crippen molar-refractivity contribution in [1.82, 2.24) is 20.3 Å². The van der Waals surface area contributed by atoms with E-state index in [2.05, 4.69) is 20.3 Å². The van der Waals surface area contributed by atoms with Crippen LogP contribution in [-0.2, 0) is 32.1 Å². The Balaban J connectivity index is 1.43. The van der Waals surface area contributed by atoms with E-state index in [-0.39, 0.29) is 34.5 Å². The molecule has 4 heterocycles. The predicted octanol–water partition coefficient (Wildman–Crippen LogP) is 2.44. The topological polar surface area (TPSA) is 130 Å². The third kappa shape index (κ3) is 5.09. The molecule has 2 aliphatic rings. The summed E-state index contributed by atoms with van der Waals surface area (Å²) in [5.74, 6) is -0.112. The summed E-state index contributed by atoms with van der Waals surface area (Å²) in [6.07, 6.45) is 6.53. The molecule has 0 radical (unpaired) electrons. The van der Waals surface area contributed by atoms with Crippen molar-refractivity contribution in [3.8, 4) is 0 Å². The standard InChI is InChI=1S/C24H34N6O6/c1-7-19-25-21(33-27-19)17-11-9-15(3)29(5,13-17)35-23(31)24(32)36-30(6)14-18(12-10-16(30)4)22-26-20(8-2)28-34-22/h11-12,15-16H,7-10,13-14H2,1-6H3/q+2. The van der Waals surface area contributed by atoms with Crippen LogP contribution in [0.15, 0.2) is 21.2 Å². The molecule has 0 aromatic carbocycles. The fourth-order valence-corrected chi connectivity index (χ4v) is 4.25. The highest BCUT2D eigenvalue weighted by Crippen LogP contribution is 2.31. The van der Waals surface area contributed by atoms with Gasteiger partial charge in [0.2, 0.25) is 0 Å². The molecule has 2 aromatic rings. The summed E-state index contributed by atoms with van der Waals surface area (Å²) in [5.41, 5.74) is 1.54. The minimum absolute atomic E-state index is 0.0856. The number of carbonyl (C=O) groups excluding carboxylic acids is 2. The largest absolute Gasteiger partial charge is 0.480 e. The molecular weight excluding hydrogens is 468 g/mol. The quantitative estimate of drug-likeness (QED) is 0.429. The Bertz CT molecular complexity index is 1110. The van der Waals surface area contributed by atoms with E-state index < -0.39 is 11.9 Å². The zero-order chi connectivity index (χ0) is 26.1. The maximum absolute atomic E-state index is 12.9. The third-order valence-electron chi connectivity index (χ3n) is 7.11. The number of nitrogens with zero attached hydrogens (tertiary/aromatic N) is 6. The Kier molecular flexibility index (Phi) is 7.10. The van der Waals surface area contributed by atoms with Crippen LogP contribution in [0.25, 0.3) is 11.1 Å². The lowest BCUT2D eigenvalue weighted by molar-refractivity contribution is -1.09. The Morgan fingerprint density at radius 1 is 0.833 bits per heavy atom. The summed E-state index contributed by atoms with van der Waals surface area (Å²) < 4.78 is 10.4. The summed E-state index contributed by atoms with van der Waals surface area (Å²) in [7, 11) is 3.50. The van der Waals surface area contributed by atoms with Crippen molar-refractivity contribution in [3.05, 3.63) is 35.6 Å². The van der Waals surface area contributed by atoms with Gasteiger partial charge in [0.05, 0.1) is 11.1 Å². The van der Waals surface area contributed by atoms with Crippen molar-refractivity contribution >= 4 is 23.1 Å². The van der Waals surface area contributed by atoms with Gasteiger partial charge in [0.25, 0.3) is 11.8 Å². The van der Waals surface area contributed by atoms with Crippen molar-refractivity contribution < 1.29 is 37.6 Å². The van der Waals surface area contributed by atoms with Crippen LogP contribution < -0.4 is 0 Å². The third-order valence-corrected chi connectivity index (χ3v) is 7.11. The maximum Gasteiger partial charge on any atom is 0.480 e. The minimum atomic E-state index is -1.06. The highest BCUT2D eigenvalue weighted by molar-refractivity contribution is 6.29. The van der Waals surface area contributed by atoms with E-state index in [1.54, 1.807) is 14.1 Å². The van der Waals surface area contributed by atoms with Crippen LogP contribution in [0.3, 0.4) is 0 Å². The van der Waals surface area contributed by atoms with Crippen LogP contribution in [-0.4, -0.2) is 80.8 Å². The van der Waals surface area contributed by atoms with Crippen LogP contribution in [0.1, 0.15) is 64.0 Å². The lowest BCUT2D eigenvalue weighted by atomic mass is 10.0. The minimum Gasteiger partial charge on any atom is -0.334 e. The maximum atomic E-state index is 12.9. The highest BCUT2D eigenvalue weighted by Gasteiger charge is 2.46. The smallest absolute Gasteiger partial charge is 0.334 e. The average molecular weight is 503 g/mol. The zero-order valence-corrected chi connectivity index (χ0v) is 21.7. The van der Waals surface area contributed by atoms with E-state index >= 15 is 0 Å². The monoisotopic (exact) mass is 502 g/mol. The molecule has 4 rings (SSSR count). The van der Waals surface area contributed by atoms with Crippen LogP contribution >= 0.6 is 0 Å². The van der Waals surface area contributed by atoms with Gasteiger partial charge in [-0.15, -0.1) is 9.29 Å². The molecule has 2 aliphatic heterocycles. The van der Waals surface area contributed by atoms with E-state index in [0.29, 0.717) is 49.1 Å². The van der Waals surface area contributed by atoms with Gasteiger partial charge in [-0.2, -0.15) is 9.97 Å². The lowest BCUT2D eigenvalue weighted by Gasteiger charge is -2.39. The van der Waals surface area contributed by atoms with Gasteiger partial charge >= 0.3 is 11.9 Å². The second kappa shape index (κ2) is 9.94. The molecule has 4 atom stereocenters. The zero-order valence-electron chi connectivity index (χ0n) is 21.7. The molecule has 0 fully saturated rings. The summed E-state index contributed by atoms with van der Waals surface area (Å²) in [5, 5.41) is 7.88. The lowest BCUT2D eigenvalue weighted by Crippen LogP contribution is -2.58. The van der Waals surface area contributed by atoms with E-state index in [1.807, 2.05) is 39.8 Å². The first-order valence-electron chi connectivity index (χ1n) is 12.3. The van der Waals surface area contributed by atoms with Crippen molar-refractivity contribution in [3.63, 3.8) is 0 Å². The number of likely N-dealkylation sites (N-methyl/N-ethyl adjacent to an activating group) is 2. The van der Waals surface area contributed by atoms with Gasteiger partial charge in [-0.1, -0.05) is 36.3 Å². The van der Waals surface area contributed by atoms with E-state index in [9.17, 15) is 9.59 Å². The van der Waals surface area contributed by atoms with Gasteiger partial charge in [0, 0.05) is 25.7 Å². The highest BCUT2D eigenvalue weighted by atomic mass is 16.8. The van der Waals surface area contributed by atoms with Crippen molar-refractivity contribution in [2.75, 3.05) is 27.2 Å². The Hall–Kier alpha value is -3.38. The SMILES string of the molecule is CCc1noc(C2=CCC(C)[N+](C)(OC(=O)C(=O)O[N+]3(C)CC(c4nc(CC)no4)=CCC3C)C2)n1. The van der Waals surface area contributed by atoms with Crippen LogP contribution in [0.5, 0.6) is 0 Å². The van der Waals surface area contributed by atoms with Crippen LogP contribution in [0, 0.1) is 0 Å². The first-order valence-corrected chi connectivity index (χ1v) is 12.3. The average Bonchev–Trinajstić information content (AvgIpc) is 3.52. The van der Waals surface area contributed by atoms with Gasteiger partial charge in [0.15, 0.2) is 11.6 Å². The molecule has 0 aliphatic carbocycles. The molecule has 0 bridgehead atoms. The molecule has 194 valence electrons. The van der Waals surface area contributed by atoms with Gasteiger partial charge in [-0.3, -0.25) is 9.68 Å². The summed E-state index contributed by atoms with van der Waals surface area (Å²) >= 11 is 0. The number of quaternary nitrogens is 2. The Morgan fingerprint density at radius 3 is 1.56 bits per heavy atom. The summed E-state index contributed by atoms with van der Waals surface area (Å²) in [4.78, 5) is 46.0. The van der Waals surface area contributed by atoms with Crippen LogP contribution in [0.2, 0.25) is 0 Å². The van der Waals surface area contributed by atoms with Gasteiger partial charge < -0.3 is 9.05 Å². The number of hydroxylamine groups is 6. The first-order chi connectivity index (χ1) is 17.1. The molecule has 0 saturated heterocycles. The number of hydrogen-bond donors (Lipinski definition) is 0. The fourth-order valence-electron chi connectivity index (χ4n) is 4.25.